The molecule has 34 heavy (non-hydrogen) atoms. The minimum Gasteiger partial charge on any atom is -0.395 e. The van der Waals surface area contributed by atoms with E-state index < -0.39 is 0 Å². The first-order valence-electron chi connectivity index (χ1n) is 11.7. The van der Waals surface area contributed by atoms with Gasteiger partial charge in [0.15, 0.2) is 0 Å². The molecule has 1 amide bonds. The first kappa shape index (κ1) is 25.9. The number of pyridine rings is 1. The van der Waals surface area contributed by atoms with Crippen molar-refractivity contribution in [3.05, 3.63) is 36.3 Å². The molecule has 0 aromatic carbocycles. The summed E-state index contributed by atoms with van der Waals surface area (Å²) in [5.41, 5.74) is 3.23. The van der Waals surface area contributed by atoms with Crippen molar-refractivity contribution in [2.45, 2.75) is 43.5 Å². The molecule has 1 atom stereocenters. The van der Waals surface area contributed by atoms with E-state index in [2.05, 4.69) is 56.4 Å². The Morgan fingerprint density at radius 1 is 1.29 bits per heavy atom. The fourth-order valence-electron chi connectivity index (χ4n) is 4.39. The molecule has 2 aromatic heterocycles. The van der Waals surface area contributed by atoms with Crippen LogP contribution in [-0.4, -0.2) is 65.8 Å². The number of aliphatic hydroxyl groups is 1. The Morgan fingerprint density at radius 3 is 2.68 bits per heavy atom. The number of anilines is 3. The summed E-state index contributed by atoms with van der Waals surface area (Å²) in [5.74, 6) is 1.79. The summed E-state index contributed by atoms with van der Waals surface area (Å²) < 4.78 is 0. The molecule has 3 heterocycles. The molecule has 184 valence electrons. The van der Waals surface area contributed by atoms with Gasteiger partial charge in [0.2, 0.25) is 12.4 Å². The van der Waals surface area contributed by atoms with E-state index in [1.54, 1.807) is 13.2 Å². The molecule has 2 aliphatic rings. The number of carbonyl (C=O) groups is 1. The Morgan fingerprint density at radius 2 is 2.06 bits per heavy atom. The molecule has 1 unspecified atom stereocenters. The van der Waals surface area contributed by atoms with Gasteiger partial charge in [-0.15, -0.1) is 12.6 Å². The molecule has 1 aliphatic heterocycles. The number of nitrogens with one attached hydrogen (secondary N) is 3. The van der Waals surface area contributed by atoms with Gasteiger partial charge < -0.3 is 26.0 Å². The summed E-state index contributed by atoms with van der Waals surface area (Å²) >= 11 is 4.61. The molecule has 1 aliphatic carbocycles. The molecule has 4 N–H and O–H groups in total. The standard InChI is InChI=1S/C22H30N6OS.C2H5NO/c1-2-18(15-5-3-4-6-15)21-19(30)12-25-22(27-21)26-20-8-7-17(11-24-20)28-10-9-23-16(13-28)14-29;1-3-2-4/h2,7-8,11-12,15-16,23,29-30H,3-6,9-10,13-14H2,1H3,(H,24,25,26,27);2H,1H3,(H,3,4)/b18-2+;. The molecule has 0 radical (unpaired) electrons. The highest BCUT2D eigenvalue weighted by Crippen LogP contribution is 2.38. The number of piperazine rings is 1. The maximum absolute atomic E-state index is 9.39. The van der Waals surface area contributed by atoms with Crippen molar-refractivity contribution in [2.75, 3.05) is 43.5 Å². The normalized spacial score (nSPS) is 18.8. The number of hydrogen-bond acceptors (Lipinski definition) is 9. The Hall–Kier alpha value is -2.69. The zero-order valence-corrected chi connectivity index (χ0v) is 20.8. The lowest BCUT2D eigenvalue weighted by Gasteiger charge is -2.34. The lowest BCUT2D eigenvalue weighted by atomic mass is 9.94. The highest BCUT2D eigenvalue weighted by Gasteiger charge is 2.23. The number of aliphatic hydroxyl groups excluding tert-OH is 1. The van der Waals surface area contributed by atoms with Crippen LogP contribution in [0.1, 0.15) is 38.3 Å². The number of nitrogens with zero attached hydrogens (tertiary/aromatic N) is 4. The van der Waals surface area contributed by atoms with Gasteiger partial charge in [0.05, 0.1) is 24.2 Å². The van der Waals surface area contributed by atoms with Gasteiger partial charge in [-0.2, -0.15) is 0 Å². The van der Waals surface area contributed by atoms with E-state index in [0.29, 0.717) is 24.1 Å². The molecule has 0 spiro atoms. The second-order valence-corrected chi connectivity index (χ2v) is 8.85. The Bertz CT molecular complexity index is 949. The summed E-state index contributed by atoms with van der Waals surface area (Å²) in [5, 5.41) is 18.2. The predicted molar refractivity (Wildman–Crippen MR) is 139 cm³/mol. The van der Waals surface area contributed by atoms with Gasteiger partial charge in [0, 0.05) is 43.8 Å². The third kappa shape index (κ3) is 6.91. The van der Waals surface area contributed by atoms with Crippen LogP contribution in [0.25, 0.3) is 5.57 Å². The molecule has 0 bridgehead atoms. The molecular formula is C24H35N7O2S. The van der Waals surface area contributed by atoms with Crippen molar-refractivity contribution in [1.29, 1.82) is 0 Å². The third-order valence-corrected chi connectivity index (χ3v) is 6.42. The van der Waals surface area contributed by atoms with Crippen LogP contribution in [0, 0.1) is 5.92 Å². The summed E-state index contributed by atoms with van der Waals surface area (Å²) in [6, 6.07) is 4.08. The number of aromatic nitrogens is 3. The fourth-order valence-corrected chi connectivity index (χ4v) is 4.63. The van der Waals surface area contributed by atoms with Gasteiger partial charge in [0.1, 0.15) is 5.82 Å². The average molecular weight is 486 g/mol. The molecular weight excluding hydrogens is 450 g/mol. The van der Waals surface area contributed by atoms with Crippen molar-refractivity contribution in [1.82, 2.24) is 25.6 Å². The second-order valence-electron chi connectivity index (χ2n) is 8.37. The van der Waals surface area contributed by atoms with E-state index in [1.807, 2.05) is 18.3 Å². The van der Waals surface area contributed by atoms with Crippen LogP contribution in [0.4, 0.5) is 17.5 Å². The van der Waals surface area contributed by atoms with Crippen LogP contribution in [-0.2, 0) is 4.79 Å². The van der Waals surface area contributed by atoms with E-state index >= 15 is 0 Å². The van der Waals surface area contributed by atoms with Gasteiger partial charge in [-0.1, -0.05) is 18.9 Å². The highest BCUT2D eigenvalue weighted by atomic mass is 32.1. The zero-order valence-electron chi connectivity index (χ0n) is 19.9. The largest absolute Gasteiger partial charge is 0.395 e. The SMILES string of the molecule is C/C=C(/c1nc(Nc2ccc(N3CCNC(CO)C3)cn2)ncc1S)C1CCCC1.CNC=O. The molecule has 4 rings (SSSR count). The zero-order chi connectivity index (χ0) is 24.3. The first-order valence-corrected chi connectivity index (χ1v) is 12.2. The molecule has 1 saturated carbocycles. The Labute approximate surface area is 206 Å². The van der Waals surface area contributed by atoms with Crippen LogP contribution in [0.5, 0.6) is 0 Å². The second kappa shape index (κ2) is 13.3. The van der Waals surface area contributed by atoms with Crippen molar-refractivity contribution in [3.63, 3.8) is 0 Å². The van der Waals surface area contributed by atoms with Gasteiger partial charge >= 0.3 is 0 Å². The Kier molecular flexibility index (Phi) is 10.1. The van der Waals surface area contributed by atoms with E-state index in [9.17, 15) is 5.11 Å². The molecule has 10 heteroatoms. The lowest BCUT2D eigenvalue weighted by molar-refractivity contribution is -0.109. The molecule has 2 aromatic rings. The number of allylic oxidation sites excluding steroid dienone is 2. The van der Waals surface area contributed by atoms with Crippen LogP contribution >= 0.6 is 12.6 Å². The number of amides is 1. The summed E-state index contributed by atoms with van der Waals surface area (Å²) in [4.78, 5) is 25.8. The van der Waals surface area contributed by atoms with E-state index in [0.717, 1.165) is 35.9 Å². The van der Waals surface area contributed by atoms with Crippen LogP contribution in [0.3, 0.4) is 0 Å². The summed E-state index contributed by atoms with van der Waals surface area (Å²) in [6.07, 6.45) is 11.4. The number of thiol groups is 1. The van der Waals surface area contributed by atoms with Crippen molar-refractivity contribution in [2.24, 2.45) is 5.92 Å². The van der Waals surface area contributed by atoms with Crippen LogP contribution in [0.2, 0.25) is 0 Å². The van der Waals surface area contributed by atoms with Gasteiger partial charge in [-0.05, 0) is 43.4 Å². The number of rotatable bonds is 7. The van der Waals surface area contributed by atoms with Gasteiger partial charge in [0.25, 0.3) is 0 Å². The predicted octanol–water partition coefficient (Wildman–Crippen LogP) is 2.63. The molecule has 9 nitrogen and oxygen atoms in total. The van der Waals surface area contributed by atoms with Crippen LogP contribution in [0.15, 0.2) is 35.5 Å². The number of carbonyl (C=O) groups excluding carboxylic acids is 1. The first-order chi connectivity index (χ1) is 16.6. The van der Waals surface area contributed by atoms with E-state index in [4.69, 9.17) is 9.78 Å². The van der Waals surface area contributed by atoms with Gasteiger partial charge in [-0.25, -0.2) is 15.0 Å². The topological polar surface area (TPSA) is 115 Å². The van der Waals surface area contributed by atoms with Crippen molar-refractivity contribution < 1.29 is 9.90 Å². The van der Waals surface area contributed by atoms with Crippen LogP contribution < -0.4 is 20.9 Å². The lowest BCUT2D eigenvalue weighted by Crippen LogP contribution is -2.52. The monoisotopic (exact) mass is 485 g/mol. The average Bonchev–Trinajstić information content (AvgIpc) is 3.41. The minimum absolute atomic E-state index is 0.101. The third-order valence-electron chi connectivity index (χ3n) is 6.10. The van der Waals surface area contributed by atoms with Gasteiger partial charge in [-0.3, -0.25) is 4.79 Å². The smallest absolute Gasteiger partial charge is 0.228 e. The maximum Gasteiger partial charge on any atom is 0.228 e. The van der Waals surface area contributed by atoms with Crippen molar-refractivity contribution in [3.8, 4) is 0 Å². The maximum atomic E-state index is 9.39. The van der Waals surface area contributed by atoms with E-state index in [-0.39, 0.29) is 12.6 Å². The molecule has 1 saturated heterocycles. The summed E-state index contributed by atoms with van der Waals surface area (Å²) in [7, 11) is 1.56. The Balaban J connectivity index is 0.000000751. The number of hydrogen-bond donors (Lipinski definition) is 5. The fraction of sp³-hybridized carbons (Fsp3) is 0.500. The molecule has 2 fully saturated rings. The van der Waals surface area contributed by atoms with E-state index in [1.165, 1.54) is 31.3 Å². The van der Waals surface area contributed by atoms with Crippen molar-refractivity contribution >= 4 is 42.1 Å². The highest BCUT2D eigenvalue weighted by molar-refractivity contribution is 7.80. The quantitative estimate of drug-likeness (QED) is 0.300. The summed E-state index contributed by atoms with van der Waals surface area (Å²) in [6.45, 7) is 4.74. The minimum atomic E-state index is 0.101.